The summed E-state index contributed by atoms with van der Waals surface area (Å²) in [7, 11) is 0. The van der Waals surface area contributed by atoms with Crippen LogP contribution in [0.1, 0.15) is 5.56 Å². The summed E-state index contributed by atoms with van der Waals surface area (Å²) >= 11 is 3.31. The second-order valence-corrected chi connectivity index (χ2v) is 4.20. The van der Waals surface area contributed by atoms with Gasteiger partial charge in [-0.15, -0.1) is 0 Å². The molecule has 0 atom stereocenters. The Labute approximate surface area is 102 Å². The average molecular weight is 280 g/mol. The lowest BCUT2D eigenvalue weighted by molar-refractivity contribution is 0.462. The van der Waals surface area contributed by atoms with E-state index in [1.165, 1.54) is 0 Å². The molecule has 0 bridgehead atoms. The maximum atomic E-state index is 5.85. The van der Waals surface area contributed by atoms with Gasteiger partial charge >= 0.3 is 0 Å². The van der Waals surface area contributed by atoms with Crippen LogP contribution in [0.2, 0.25) is 0 Å². The predicted octanol–water partition coefficient (Wildman–Crippen LogP) is 2.92. The van der Waals surface area contributed by atoms with Crippen LogP contribution in [0.5, 0.6) is 11.6 Å². The summed E-state index contributed by atoms with van der Waals surface area (Å²) in [6.07, 6.45) is 4.94. The van der Waals surface area contributed by atoms with Crippen molar-refractivity contribution in [3.63, 3.8) is 0 Å². The molecule has 0 amide bonds. The zero-order chi connectivity index (χ0) is 11.5. The van der Waals surface area contributed by atoms with Crippen molar-refractivity contribution in [3.8, 4) is 11.6 Å². The number of aromatic nitrogens is 2. The molecular weight excluding hydrogens is 270 g/mol. The van der Waals surface area contributed by atoms with Gasteiger partial charge in [0, 0.05) is 16.9 Å². The third-order valence-corrected chi connectivity index (χ3v) is 2.50. The molecule has 2 aromatic heterocycles. The highest BCUT2D eigenvalue weighted by molar-refractivity contribution is 9.10. The number of nitrogen functional groups attached to an aromatic ring is 1. The second kappa shape index (κ2) is 4.49. The van der Waals surface area contributed by atoms with Crippen molar-refractivity contribution in [2.75, 3.05) is 5.73 Å². The van der Waals surface area contributed by atoms with E-state index in [0.29, 0.717) is 17.3 Å². The zero-order valence-corrected chi connectivity index (χ0v) is 10.2. The summed E-state index contributed by atoms with van der Waals surface area (Å²) in [6, 6.07) is 3.64. The topological polar surface area (TPSA) is 61.0 Å². The van der Waals surface area contributed by atoms with Gasteiger partial charge in [-0.05, 0) is 40.5 Å². The van der Waals surface area contributed by atoms with Crippen LogP contribution in [0, 0.1) is 6.92 Å². The smallest absolute Gasteiger partial charge is 0.242 e. The average Bonchev–Trinajstić information content (AvgIpc) is 2.25. The van der Waals surface area contributed by atoms with Crippen LogP contribution in [-0.2, 0) is 0 Å². The van der Waals surface area contributed by atoms with Crippen LogP contribution < -0.4 is 10.5 Å². The Hall–Kier alpha value is -1.62. The molecule has 16 heavy (non-hydrogen) atoms. The SMILES string of the molecule is Cc1ccnc(Oc2cncc(Br)c2)c1N. The first kappa shape index (κ1) is 10.9. The number of rotatable bonds is 2. The van der Waals surface area contributed by atoms with E-state index in [9.17, 15) is 0 Å². The summed E-state index contributed by atoms with van der Waals surface area (Å²) in [5.74, 6) is 0.999. The Balaban J connectivity index is 2.31. The molecular formula is C11H10BrN3O. The monoisotopic (exact) mass is 279 g/mol. The van der Waals surface area contributed by atoms with Crippen molar-refractivity contribution in [2.24, 2.45) is 0 Å². The summed E-state index contributed by atoms with van der Waals surface area (Å²) in [6.45, 7) is 1.91. The van der Waals surface area contributed by atoms with E-state index in [-0.39, 0.29) is 0 Å². The molecule has 0 aliphatic rings. The molecule has 4 nitrogen and oxygen atoms in total. The van der Waals surface area contributed by atoms with Crippen molar-refractivity contribution in [3.05, 3.63) is 40.8 Å². The molecule has 2 aromatic rings. The number of ether oxygens (including phenoxy) is 1. The third-order valence-electron chi connectivity index (χ3n) is 2.07. The van der Waals surface area contributed by atoms with Gasteiger partial charge in [-0.3, -0.25) is 4.98 Å². The fourth-order valence-electron chi connectivity index (χ4n) is 1.19. The Morgan fingerprint density at radius 1 is 1.38 bits per heavy atom. The van der Waals surface area contributed by atoms with Crippen LogP contribution in [0.15, 0.2) is 35.2 Å². The molecule has 0 spiro atoms. The van der Waals surface area contributed by atoms with Gasteiger partial charge in [0.2, 0.25) is 5.88 Å². The fourth-order valence-corrected chi connectivity index (χ4v) is 1.53. The van der Waals surface area contributed by atoms with Gasteiger partial charge in [0.05, 0.1) is 11.9 Å². The largest absolute Gasteiger partial charge is 0.435 e. The number of hydrogen-bond donors (Lipinski definition) is 1. The molecule has 0 aliphatic carbocycles. The maximum absolute atomic E-state index is 5.85. The minimum Gasteiger partial charge on any atom is -0.435 e. The number of pyridine rings is 2. The lowest BCUT2D eigenvalue weighted by Gasteiger charge is -2.08. The van der Waals surface area contributed by atoms with Crippen molar-refractivity contribution >= 4 is 21.6 Å². The summed E-state index contributed by atoms with van der Waals surface area (Å²) < 4.78 is 6.39. The Kier molecular flexibility index (Phi) is 3.05. The van der Waals surface area contributed by atoms with Gasteiger partial charge in [-0.2, -0.15) is 0 Å². The van der Waals surface area contributed by atoms with E-state index < -0.39 is 0 Å². The van der Waals surface area contributed by atoms with E-state index in [2.05, 4.69) is 25.9 Å². The van der Waals surface area contributed by atoms with Crippen LogP contribution in [0.25, 0.3) is 0 Å². The molecule has 0 aliphatic heterocycles. The second-order valence-electron chi connectivity index (χ2n) is 3.29. The summed E-state index contributed by atoms with van der Waals surface area (Å²) in [5.41, 5.74) is 7.33. The van der Waals surface area contributed by atoms with Crippen LogP contribution >= 0.6 is 15.9 Å². The van der Waals surface area contributed by atoms with Gasteiger partial charge < -0.3 is 10.5 Å². The first-order chi connectivity index (χ1) is 7.66. The van der Waals surface area contributed by atoms with Gasteiger partial charge in [0.25, 0.3) is 0 Å². The maximum Gasteiger partial charge on any atom is 0.242 e. The summed E-state index contributed by atoms with van der Waals surface area (Å²) in [5, 5.41) is 0. The summed E-state index contributed by atoms with van der Waals surface area (Å²) in [4.78, 5) is 8.07. The third kappa shape index (κ3) is 2.30. The number of hydrogen-bond acceptors (Lipinski definition) is 4. The lowest BCUT2D eigenvalue weighted by atomic mass is 10.2. The molecule has 0 saturated heterocycles. The van der Waals surface area contributed by atoms with Crippen LogP contribution in [0.4, 0.5) is 5.69 Å². The molecule has 0 saturated carbocycles. The highest BCUT2D eigenvalue weighted by atomic mass is 79.9. The van der Waals surface area contributed by atoms with Crippen molar-refractivity contribution in [1.82, 2.24) is 9.97 Å². The Morgan fingerprint density at radius 3 is 2.94 bits per heavy atom. The molecule has 5 heteroatoms. The minimum atomic E-state index is 0.403. The normalized spacial score (nSPS) is 10.1. The van der Waals surface area contributed by atoms with Gasteiger partial charge in [0.15, 0.2) is 0 Å². The van der Waals surface area contributed by atoms with Crippen molar-refractivity contribution in [2.45, 2.75) is 6.92 Å². The van der Waals surface area contributed by atoms with E-state index in [1.54, 1.807) is 24.7 Å². The highest BCUT2D eigenvalue weighted by Crippen LogP contribution is 2.27. The van der Waals surface area contributed by atoms with Crippen molar-refractivity contribution in [1.29, 1.82) is 0 Å². The Morgan fingerprint density at radius 2 is 2.19 bits per heavy atom. The molecule has 2 rings (SSSR count). The molecule has 2 N–H and O–H groups in total. The molecule has 82 valence electrons. The number of aryl methyl sites for hydroxylation is 1. The molecule has 0 aromatic carbocycles. The molecule has 0 radical (unpaired) electrons. The lowest BCUT2D eigenvalue weighted by Crippen LogP contribution is -1.97. The van der Waals surface area contributed by atoms with Gasteiger partial charge in [-0.1, -0.05) is 0 Å². The van der Waals surface area contributed by atoms with Crippen LogP contribution in [0.3, 0.4) is 0 Å². The number of nitrogens with zero attached hydrogens (tertiary/aromatic N) is 2. The van der Waals surface area contributed by atoms with Gasteiger partial charge in [-0.25, -0.2) is 4.98 Å². The fraction of sp³-hybridized carbons (Fsp3) is 0.0909. The number of halogens is 1. The molecule has 0 fully saturated rings. The standard InChI is InChI=1S/C11H10BrN3O/c1-7-2-3-15-11(10(7)13)16-9-4-8(12)5-14-6-9/h2-6H,13H2,1H3. The van der Waals surface area contributed by atoms with Gasteiger partial charge in [0.1, 0.15) is 5.75 Å². The number of anilines is 1. The zero-order valence-electron chi connectivity index (χ0n) is 8.64. The van der Waals surface area contributed by atoms with E-state index in [4.69, 9.17) is 10.5 Å². The Bertz CT molecular complexity index is 516. The van der Waals surface area contributed by atoms with E-state index in [0.717, 1.165) is 10.0 Å². The molecule has 0 unspecified atom stereocenters. The quantitative estimate of drug-likeness (QED) is 0.918. The molecule has 2 heterocycles. The van der Waals surface area contributed by atoms with E-state index in [1.807, 2.05) is 13.0 Å². The first-order valence-electron chi connectivity index (χ1n) is 4.66. The minimum absolute atomic E-state index is 0.403. The first-order valence-corrected chi connectivity index (χ1v) is 5.45. The number of nitrogens with two attached hydrogens (primary N) is 1. The van der Waals surface area contributed by atoms with Crippen LogP contribution in [-0.4, -0.2) is 9.97 Å². The highest BCUT2D eigenvalue weighted by Gasteiger charge is 2.06. The van der Waals surface area contributed by atoms with Crippen molar-refractivity contribution < 1.29 is 4.74 Å². The predicted molar refractivity (Wildman–Crippen MR) is 65.4 cm³/mol. The van der Waals surface area contributed by atoms with E-state index >= 15 is 0 Å².